The number of carbonyl (C=O) groups excluding carboxylic acids is 1. The lowest BCUT2D eigenvalue weighted by atomic mass is 9.86. The van der Waals surface area contributed by atoms with Gasteiger partial charge < -0.3 is 5.32 Å². The van der Waals surface area contributed by atoms with Gasteiger partial charge in [0.1, 0.15) is 4.83 Å². The van der Waals surface area contributed by atoms with Crippen LogP contribution in [0.5, 0.6) is 0 Å². The first-order valence-electron chi connectivity index (χ1n) is 12.6. The van der Waals surface area contributed by atoms with E-state index in [0.717, 1.165) is 42.3 Å². The van der Waals surface area contributed by atoms with Crippen LogP contribution in [0.2, 0.25) is 0 Å². The molecule has 1 N–H and O–H groups in total. The van der Waals surface area contributed by atoms with Crippen molar-refractivity contribution in [1.82, 2.24) is 14.9 Å². The fourth-order valence-corrected chi connectivity index (χ4v) is 7.46. The molecule has 34 heavy (non-hydrogen) atoms. The standard InChI is InChI=1S/C27H33N3O2S2/c1-18-9-5-7-13-21(18)28-23(31)17-33-27-29-25-24(20-12-6-8-14-22(20)34-25)26(32)30(27)16-15-19-10-3-2-4-11-19/h2-4,10-11,18,21H,5-9,12-17H2,1H3,(H,28,31). The van der Waals surface area contributed by atoms with Crippen LogP contribution in [0.1, 0.15) is 61.5 Å². The molecule has 0 radical (unpaired) electrons. The molecule has 2 aliphatic carbocycles. The minimum Gasteiger partial charge on any atom is -0.352 e. The Labute approximate surface area is 209 Å². The largest absolute Gasteiger partial charge is 0.352 e. The van der Waals surface area contributed by atoms with Gasteiger partial charge in [0.05, 0.1) is 11.1 Å². The SMILES string of the molecule is CC1CCCCC1NC(=O)CSc1nc2sc3c(c2c(=O)n1CCc1ccccc1)CCCC3. The van der Waals surface area contributed by atoms with Gasteiger partial charge in [-0.25, -0.2) is 4.98 Å². The van der Waals surface area contributed by atoms with Gasteiger partial charge in [-0.05, 0) is 62.0 Å². The first-order chi connectivity index (χ1) is 16.6. The molecule has 5 nitrogen and oxygen atoms in total. The summed E-state index contributed by atoms with van der Waals surface area (Å²) in [5.74, 6) is 0.856. The number of carbonyl (C=O) groups is 1. The van der Waals surface area contributed by atoms with Crippen LogP contribution in [0.25, 0.3) is 10.2 Å². The number of amides is 1. The lowest BCUT2D eigenvalue weighted by Crippen LogP contribution is -2.42. The van der Waals surface area contributed by atoms with Crippen molar-refractivity contribution < 1.29 is 4.79 Å². The summed E-state index contributed by atoms with van der Waals surface area (Å²) in [6.45, 7) is 2.80. The molecule has 1 aromatic carbocycles. The number of aryl methyl sites for hydroxylation is 3. The van der Waals surface area contributed by atoms with Crippen LogP contribution in [-0.2, 0) is 30.6 Å². The Morgan fingerprint density at radius 3 is 2.76 bits per heavy atom. The van der Waals surface area contributed by atoms with Crippen molar-refractivity contribution in [2.75, 3.05) is 5.75 Å². The summed E-state index contributed by atoms with van der Waals surface area (Å²) in [6.07, 6.45) is 9.78. The molecule has 1 amide bonds. The number of fused-ring (bicyclic) bond motifs is 3. The Balaban J connectivity index is 1.40. The van der Waals surface area contributed by atoms with E-state index >= 15 is 0 Å². The minimum absolute atomic E-state index is 0.0400. The Morgan fingerprint density at radius 1 is 1.15 bits per heavy atom. The Bertz CT molecular complexity index is 1220. The van der Waals surface area contributed by atoms with Gasteiger partial charge in [0.15, 0.2) is 5.16 Å². The average molecular weight is 496 g/mol. The third kappa shape index (κ3) is 5.10. The molecule has 0 spiro atoms. The van der Waals surface area contributed by atoms with Gasteiger partial charge >= 0.3 is 0 Å². The zero-order valence-electron chi connectivity index (χ0n) is 19.8. The molecule has 2 aromatic heterocycles. The summed E-state index contributed by atoms with van der Waals surface area (Å²) in [5.41, 5.74) is 2.48. The molecule has 7 heteroatoms. The molecule has 0 saturated heterocycles. The maximum Gasteiger partial charge on any atom is 0.263 e. The highest BCUT2D eigenvalue weighted by Crippen LogP contribution is 2.34. The van der Waals surface area contributed by atoms with Gasteiger partial charge in [-0.1, -0.05) is 61.9 Å². The van der Waals surface area contributed by atoms with Crippen molar-refractivity contribution in [2.45, 2.75) is 82.5 Å². The lowest BCUT2D eigenvalue weighted by molar-refractivity contribution is -0.119. The molecule has 2 aliphatic rings. The molecule has 0 bridgehead atoms. The summed E-state index contributed by atoms with van der Waals surface area (Å²) >= 11 is 3.08. The van der Waals surface area contributed by atoms with E-state index < -0.39 is 0 Å². The number of thiophene rings is 1. The molecule has 5 rings (SSSR count). The molecule has 2 heterocycles. The normalized spacial score (nSPS) is 20.3. The third-order valence-electron chi connectivity index (χ3n) is 7.30. The molecule has 1 saturated carbocycles. The molecule has 2 unspecified atom stereocenters. The number of benzene rings is 1. The van der Waals surface area contributed by atoms with Crippen molar-refractivity contribution in [3.8, 4) is 0 Å². The zero-order chi connectivity index (χ0) is 23.5. The number of nitrogens with one attached hydrogen (secondary N) is 1. The second-order valence-corrected chi connectivity index (χ2v) is 11.7. The van der Waals surface area contributed by atoms with Crippen molar-refractivity contribution in [3.05, 3.63) is 56.7 Å². The van der Waals surface area contributed by atoms with Gasteiger partial charge in [0.25, 0.3) is 5.56 Å². The fraction of sp³-hybridized carbons (Fsp3) is 0.519. The fourth-order valence-electron chi connectivity index (χ4n) is 5.32. The number of thioether (sulfide) groups is 1. The van der Waals surface area contributed by atoms with Gasteiger partial charge in [0.2, 0.25) is 5.91 Å². The highest BCUT2D eigenvalue weighted by atomic mass is 32.2. The van der Waals surface area contributed by atoms with Crippen LogP contribution in [0.15, 0.2) is 40.3 Å². The van der Waals surface area contributed by atoms with Crippen LogP contribution in [0.3, 0.4) is 0 Å². The summed E-state index contributed by atoms with van der Waals surface area (Å²) in [7, 11) is 0. The van der Waals surface area contributed by atoms with E-state index in [9.17, 15) is 9.59 Å². The maximum absolute atomic E-state index is 13.7. The van der Waals surface area contributed by atoms with Crippen LogP contribution >= 0.6 is 23.1 Å². The number of aromatic nitrogens is 2. The first kappa shape index (κ1) is 23.6. The van der Waals surface area contributed by atoms with Crippen molar-refractivity contribution in [3.63, 3.8) is 0 Å². The molecule has 1 fully saturated rings. The second kappa shape index (κ2) is 10.6. The summed E-state index contributed by atoms with van der Waals surface area (Å²) in [6, 6.07) is 10.5. The molecule has 180 valence electrons. The van der Waals surface area contributed by atoms with E-state index in [2.05, 4.69) is 24.4 Å². The summed E-state index contributed by atoms with van der Waals surface area (Å²) < 4.78 is 1.82. The Morgan fingerprint density at radius 2 is 1.94 bits per heavy atom. The Kier molecular flexibility index (Phi) is 7.40. The first-order valence-corrected chi connectivity index (χ1v) is 14.4. The van der Waals surface area contributed by atoms with E-state index in [1.165, 1.54) is 53.4 Å². The van der Waals surface area contributed by atoms with Gasteiger partial charge in [-0.3, -0.25) is 14.2 Å². The van der Waals surface area contributed by atoms with E-state index in [0.29, 0.717) is 17.6 Å². The van der Waals surface area contributed by atoms with Crippen LogP contribution in [0, 0.1) is 5.92 Å². The third-order valence-corrected chi connectivity index (χ3v) is 9.46. The maximum atomic E-state index is 13.7. The van der Waals surface area contributed by atoms with Crippen molar-refractivity contribution >= 4 is 39.2 Å². The van der Waals surface area contributed by atoms with Crippen LogP contribution in [-0.4, -0.2) is 27.3 Å². The molecule has 2 atom stereocenters. The second-order valence-electron chi connectivity index (χ2n) is 9.70. The molecule has 0 aliphatic heterocycles. The monoisotopic (exact) mass is 495 g/mol. The zero-order valence-corrected chi connectivity index (χ0v) is 21.5. The quantitative estimate of drug-likeness (QED) is 0.354. The highest BCUT2D eigenvalue weighted by Gasteiger charge is 2.25. The highest BCUT2D eigenvalue weighted by molar-refractivity contribution is 7.99. The number of nitrogens with zero attached hydrogens (tertiary/aromatic N) is 2. The molecule has 3 aromatic rings. The van der Waals surface area contributed by atoms with Crippen LogP contribution < -0.4 is 10.9 Å². The van der Waals surface area contributed by atoms with E-state index in [4.69, 9.17) is 4.98 Å². The van der Waals surface area contributed by atoms with Crippen LogP contribution in [0.4, 0.5) is 0 Å². The average Bonchev–Trinajstić information content (AvgIpc) is 3.23. The Hall–Kier alpha value is -2.12. The number of rotatable bonds is 7. The van der Waals surface area contributed by atoms with Crippen molar-refractivity contribution in [1.29, 1.82) is 0 Å². The summed E-state index contributed by atoms with van der Waals surface area (Å²) in [5, 5.41) is 4.72. The smallest absolute Gasteiger partial charge is 0.263 e. The van der Waals surface area contributed by atoms with Gasteiger partial charge in [-0.15, -0.1) is 11.3 Å². The lowest BCUT2D eigenvalue weighted by Gasteiger charge is -2.29. The number of hydrogen-bond acceptors (Lipinski definition) is 5. The molecular weight excluding hydrogens is 462 g/mol. The predicted octanol–water partition coefficient (Wildman–Crippen LogP) is 5.37. The van der Waals surface area contributed by atoms with E-state index in [-0.39, 0.29) is 23.3 Å². The minimum atomic E-state index is 0.0400. The predicted molar refractivity (Wildman–Crippen MR) is 141 cm³/mol. The van der Waals surface area contributed by atoms with Gasteiger partial charge in [-0.2, -0.15) is 0 Å². The summed E-state index contributed by atoms with van der Waals surface area (Å²) in [4.78, 5) is 33.6. The molecular formula is C27H33N3O2S2. The van der Waals surface area contributed by atoms with E-state index in [1.807, 2.05) is 22.8 Å². The number of hydrogen-bond donors (Lipinski definition) is 1. The van der Waals surface area contributed by atoms with Crippen molar-refractivity contribution in [2.24, 2.45) is 5.92 Å². The van der Waals surface area contributed by atoms with E-state index in [1.54, 1.807) is 11.3 Å². The van der Waals surface area contributed by atoms with Gasteiger partial charge in [0, 0.05) is 17.5 Å². The topological polar surface area (TPSA) is 64.0 Å².